The summed E-state index contributed by atoms with van der Waals surface area (Å²) in [7, 11) is 1.45. The molecule has 3 aromatic carbocycles. The van der Waals surface area contributed by atoms with Gasteiger partial charge in [-0.15, -0.1) is 0 Å². The van der Waals surface area contributed by atoms with Gasteiger partial charge in [-0.2, -0.15) is 5.10 Å². The molecule has 0 bridgehead atoms. The number of hydrogen-bond acceptors (Lipinski definition) is 6. The van der Waals surface area contributed by atoms with E-state index in [4.69, 9.17) is 25.8 Å². The van der Waals surface area contributed by atoms with Gasteiger partial charge in [0.1, 0.15) is 5.75 Å². The van der Waals surface area contributed by atoms with Gasteiger partial charge in [0.15, 0.2) is 18.1 Å². The smallest absolute Gasteiger partial charge is 0.345 e. The van der Waals surface area contributed by atoms with Crippen molar-refractivity contribution in [2.45, 2.75) is 19.8 Å². The second-order valence-electron chi connectivity index (χ2n) is 7.59. The van der Waals surface area contributed by atoms with Crippen LogP contribution in [0.15, 0.2) is 71.8 Å². The monoisotopic (exact) mass is 480 g/mol. The number of hydrogen-bond donors (Lipinski definition) is 1. The zero-order chi connectivity index (χ0) is 24.5. The highest BCUT2D eigenvalue weighted by Gasteiger charge is 2.15. The standard InChI is InChI=1S/C26H25ClN2O5/c1-17(2)19-9-11-20(12-10-19)33-16-25(30)29-28-15-18-8-13-23(24(14-18)32-3)34-26(31)21-6-4-5-7-22(21)27/h4-15,17H,16H2,1-3H3,(H,29,30)/b28-15-. The van der Waals surface area contributed by atoms with Crippen molar-refractivity contribution in [3.8, 4) is 17.2 Å². The zero-order valence-corrected chi connectivity index (χ0v) is 19.8. The van der Waals surface area contributed by atoms with E-state index in [0.29, 0.717) is 28.0 Å². The Labute approximate surface area is 203 Å². The van der Waals surface area contributed by atoms with E-state index in [1.807, 2.05) is 24.3 Å². The number of esters is 1. The minimum absolute atomic E-state index is 0.168. The SMILES string of the molecule is COc1cc(/C=N\NC(=O)COc2ccc(C(C)C)cc2)ccc1OC(=O)c1ccccc1Cl. The van der Waals surface area contributed by atoms with Crippen LogP contribution in [0, 0.1) is 0 Å². The van der Waals surface area contributed by atoms with Crippen molar-refractivity contribution in [2.24, 2.45) is 5.10 Å². The predicted molar refractivity (Wildman–Crippen MR) is 131 cm³/mol. The number of rotatable bonds is 9. The summed E-state index contributed by atoms with van der Waals surface area (Å²) >= 11 is 6.05. The highest BCUT2D eigenvalue weighted by molar-refractivity contribution is 6.33. The van der Waals surface area contributed by atoms with E-state index in [9.17, 15) is 9.59 Å². The molecule has 34 heavy (non-hydrogen) atoms. The highest BCUT2D eigenvalue weighted by atomic mass is 35.5. The number of ether oxygens (including phenoxy) is 3. The normalized spacial score (nSPS) is 10.9. The average molecular weight is 481 g/mol. The van der Waals surface area contributed by atoms with E-state index in [-0.39, 0.29) is 17.9 Å². The molecule has 1 N–H and O–H groups in total. The Hall–Kier alpha value is -3.84. The van der Waals surface area contributed by atoms with E-state index in [1.165, 1.54) is 18.9 Å². The Morgan fingerprint density at radius 1 is 1.03 bits per heavy atom. The van der Waals surface area contributed by atoms with Crippen LogP contribution in [-0.4, -0.2) is 31.8 Å². The van der Waals surface area contributed by atoms with Gasteiger partial charge in [0.2, 0.25) is 0 Å². The molecular weight excluding hydrogens is 456 g/mol. The highest BCUT2D eigenvalue weighted by Crippen LogP contribution is 2.29. The average Bonchev–Trinajstić information content (AvgIpc) is 2.84. The third kappa shape index (κ3) is 6.83. The lowest BCUT2D eigenvalue weighted by Crippen LogP contribution is -2.24. The van der Waals surface area contributed by atoms with Gasteiger partial charge in [0.05, 0.1) is 23.9 Å². The molecule has 0 spiro atoms. The zero-order valence-electron chi connectivity index (χ0n) is 19.1. The van der Waals surface area contributed by atoms with Crippen molar-refractivity contribution in [2.75, 3.05) is 13.7 Å². The molecule has 0 saturated carbocycles. The van der Waals surface area contributed by atoms with E-state index < -0.39 is 11.9 Å². The van der Waals surface area contributed by atoms with Gasteiger partial charge in [-0.05, 0) is 59.5 Å². The first-order valence-corrected chi connectivity index (χ1v) is 10.9. The molecule has 0 radical (unpaired) electrons. The van der Waals surface area contributed by atoms with Crippen LogP contribution < -0.4 is 19.6 Å². The van der Waals surface area contributed by atoms with Crippen LogP contribution in [-0.2, 0) is 4.79 Å². The predicted octanol–water partition coefficient (Wildman–Crippen LogP) is 5.22. The summed E-state index contributed by atoms with van der Waals surface area (Å²) in [6.45, 7) is 4.05. The molecule has 0 aromatic heterocycles. The van der Waals surface area contributed by atoms with Gasteiger partial charge in [0, 0.05) is 0 Å². The Kier molecular flexibility index (Phi) is 8.65. The summed E-state index contributed by atoms with van der Waals surface area (Å²) < 4.78 is 16.2. The first-order valence-electron chi connectivity index (χ1n) is 10.6. The Bertz CT molecular complexity index is 1180. The van der Waals surface area contributed by atoms with Gasteiger partial charge in [0.25, 0.3) is 5.91 Å². The molecule has 0 fully saturated rings. The van der Waals surface area contributed by atoms with E-state index in [0.717, 1.165) is 0 Å². The van der Waals surface area contributed by atoms with E-state index in [2.05, 4.69) is 24.4 Å². The largest absolute Gasteiger partial charge is 0.493 e. The molecule has 0 heterocycles. The Morgan fingerprint density at radius 2 is 1.76 bits per heavy atom. The minimum atomic E-state index is -0.601. The van der Waals surface area contributed by atoms with Gasteiger partial charge in [-0.1, -0.05) is 49.7 Å². The summed E-state index contributed by atoms with van der Waals surface area (Å²) in [5, 5.41) is 4.23. The molecule has 7 nitrogen and oxygen atoms in total. The molecule has 0 saturated heterocycles. The first kappa shape index (κ1) is 24.8. The van der Waals surface area contributed by atoms with Crippen LogP contribution in [0.4, 0.5) is 0 Å². The van der Waals surface area contributed by atoms with Gasteiger partial charge >= 0.3 is 5.97 Å². The fourth-order valence-electron chi connectivity index (χ4n) is 2.94. The van der Waals surface area contributed by atoms with Crippen molar-refractivity contribution in [1.29, 1.82) is 0 Å². The van der Waals surface area contributed by atoms with Crippen LogP contribution in [0.1, 0.15) is 41.3 Å². The molecule has 176 valence electrons. The number of carbonyl (C=O) groups excluding carboxylic acids is 2. The lowest BCUT2D eigenvalue weighted by molar-refractivity contribution is -0.123. The maximum atomic E-state index is 12.4. The van der Waals surface area contributed by atoms with Crippen molar-refractivity contribution in [3.05, 3.63) is 88.4 Å². The summed E-state index contributed by atoms with van der Waals surface area (Å²) in [5.74, 6) is 0.580. The number of halogens is 1. The second kappa shape index (κ2) is 11.9. The number of carbonyl (C=O) groups is 2. The lowest BCUT2D eigenvalue weighted by atomic mass is 10.0. The lowest BCUT2D eigenvalue weighted by Gasteiger charge is -2.10. The molecule has 0 aliphatic rings. The number of amides is 1. The minimum Gasteiger partial charge on any atom is -0.493 e. The number of benzene rings is 3. The summed E-state index contributed by atoms with van der Waals surface area (Å²) in [5.41, 5.74) is 4.48. The third-order valence-corrected chi connectivity index (χ3v) is 5.13. The summed E-state index contributed by atoms with van der Waals surface area (Å²) in [4.78, 5) is 24.4. The molecule has 8 heteroatoms. The number of hydrazone groups is 1. The van der Waals surface area contributed by atoms with Gasteiger partial charge in [-0.3, -0.25) is 4.79 Å². The number of nitrogens with zero attached hydrogens (tertiary/aromatic N) is 1. The number of nitrogens with one attached hydrogen (secondary N) is 1. The molecule has 3 rings (SSSR count). The quantitative estimate of drug-likeness (QED) is 0.196. The molecule has 0 atom stereocenters. The van der Waals surface area contributed by atoms with Crippen molar-refractivity contribution in [3.63, 3.8) is 0 Å². The van der Waals surface area contributed by atoms with E-state index in [1.54, 1.807) is 42.5 Å². The topological polar surface area (TPSA) is 86.2 Å². The van der Waals surface area contributed by atoms with Crippen LogP contribution in [0.2, 0.25) is 5.02 Å². The van der Waals surface area contributed by atoms with Crippen molar-refractivity contribution < 1.29 is 23.8 Å². The Balaban J connectivity index is 1.54. The fourth-order valence-corrected chi connectivity index (χ4v) is 3.15. The second-order valence-corrected chi connectivity index (χ2v) is 7.99. The van der Waals surface area contributed by atoms with Crippen LogP contribution in [0.3, 0.4) is 0 Å². The van der Waals surface area contributed by atoms with Crippen molar-refractivity contribution >= 4 is 29.7 Å². The van der Waals surface area contributed by atoms with Gasteiger partial charge < -0.3 is 14.2 Å². The van der Waals surface area contributed by atoms with Crippen LogP contribution >= 0.6 is 11.6 Å². The molecule has 0 unspecified atom stereocenters. The van der Waals surface area contributed by atoms with Gasteiger partial charge in [-0.25, -0.2) is 10.2 Å². The number of methoxy groups -OCH3 is 1. The van der Waals surface area contributed by atoms with Crippen LogP contribution in [0.5, 0.6) is 17.2 Å². The van der Waals surface area contributed by atoms with Crippen LogP contribution in [0.25, 0.3) is 0 Å². The molecule has 0 aliphatic heterocycles. The molecule has 1 amide bonds. The molecule has 3 aromatic rings. The van der Waals surface area contributed by atoms with Crippen molar-refractivity contribution in [1.82, 2.24) is 5.43 Å². The third-order valence-electron chi connectivity index (χ3n) is 4.80. The molecular formula is C26H25ClN2O5. The Morgan fingerprint density at radius 3 is 2.44 bits per heavy atom. The summed E-state index contributed by atoms with van der Waals surface area (Å²) in [6.07, 6.45) is 1.44. The maximum Gasteiger partial charge on any atom is 0.345 e. The van der Waals surface area contributed by atoms with E-state index >= 15 is 0 Å². The maximum absolute atomic E-state index is 12.4. The fraction of sp³-hybridized carbons (Fsp3) is 0.192. The molecule has 0 aliphatic carbocycles. The summed E-state index contributed by atoms with van der Waals surface area (Å²) in [6, 6.07) is 19.1. The first-order chi connectivity index (χ1) is 16.4.